The molecule has 4 rings (SSSR count). The number of benzene rings is 2. The van der Waals surface area contributed by atoms with Crippen LogP contribution in [0.3, 0.4) is 0 Å². The molecule has 0 bridgehead atoms. The highest BCUT2D eigenvalue weighted by molar-refractivity contribution is 5.81. The molecular formula is C29H34F3N. The van der Waals surface area contributed by atoms with Crippen molar-refractivity contribution < 1.29 is 13.2 Å². The monoisotopic (exact) mass is 453 g/mol. The van der Waals surface area contributed by atoms with Crippen molar-refractivity contribution in [1.29, 1.82) is 0 Å². The normalized spacial score (nSPS) is 14.9. The Kier molecular flexibility index (Phi) is 7.31. The number of alkyl halides is 3. The molecule has 1 fully saturated rings. The van der Waals surface area contributed by atoms with E-state index in [4.69, 9.17) is 0 Å². The molecule has 0 unspecified atom stereocenters. The smallest absolute Gasteiger partial charge is 0.358 e. The van der Waals surface area contributed by atoms with Crippen molar-refractivity contribution in [3.63, 3.8) is 0 Å². The van der Waals surface area contributed by atoms with Crippen molar-refractivity contribution in [2.75, 3.05) is 0 Å². The molecule has 2 aromatic carbocycles. The average molecular weight is 454 g/mol. The Morgan fingerprint density at radius 3 is 2.33 bits per heavy atom. The molecule has 1 aliphatic carbocycles. The molecule has 1 N–H and O–H groups in total. The summed E-state index contributed by atoms with van der Waals surface area (Å²) in [6.45, 7) is 6.32. The van der Waals surface area contributed by atoms with Gasteiger partial charge in [-0.3, -0.25) is 0 Å². The lowest BCUT2D eigenvalue weighted by atomic mass is 9.90. The third-order valence-corrected chi connectivity index (χ3v) is 7.01. The Morgan fingerprint density at radius 2 is 1.64 bits per heavy atom. The van der Waals surface area contributed by atoms with Crippen LogP contribution in [-0.2, 0) is 25.4 Å². The zero-order valence-electron chi connectivity index (χ0n) is 19.5. The highest BCUT2D eigenvalue weighted by atomic mass is 19.4. The number of aromatic nitrogens is 1. The average Bonchev–Trinajstić information content (AvgIpc) is 3.45. The summed E-state index contributed by atoms with van der Waals surface area (Å²) in [5.74, 6) is 0.0556. The number of rotatable bonds is 9. The summed E-state index contributed by atoms with van der Waals surface area (Å²) in [6.07, 6.45) is 4.98. The van der Waals surface area contributed by atoms with Crippen molar-refractivity contribution in [2.45, 2.75) is 83.2 Å². The molecule has 0 aliphatic heterocycles. The van der Waals surface area contributed by atoms with Gasteiger partial charge in [-0.25, -0.2) is 0 Å². The maximum absolute atomic E-state index is 13.8. The van der Waals surface area contributed by atoms with Gasteiger partial charge in [-0.2, -0.15) is 13.2 Å². The van der Waals surface area contributed by atoms with E-state index in [1.54, 1.807) is 6.07 Å². The number of nitrogens with one attached hydrogen (secondary N) is 1. The maximum atomic E-state index is 13.8. The Bertz CT molecular complexity index is 1100. The Hall–Kier alpha value is -2.49. The van der Waals surface area contributed by atoms with Crippen molar-refractivity contribution in [1.82, 2.24) is 4.98 Å². The largest absolute Gasteiger partial charge is 0.416 e. The third-order valence-electron chi connectivity index (χ3n) is 7.01. The van der Waals surface area contributed by atoms with Crippen LogP contribution in [0.1, 0.15) is 85.7 Å². The van der Waals surface area contributed by atoms with Crippen LogP contribution in [0.25, 0.3) is 10.9 Å². The number of allylic oxidation sites excluding steroid dienone is 1. The number of halogens is 3. The zero-order chi connectivity index (χ0) is 23.4. The lowest BCUT2D eigenvalue weighted by molar-refractivity contribution is -0.138. The summed E-state index contributed by atoms with van der Waals surface area (Å²) in [4.78, 5) is 3.48. The molecule has 0 saturated heterocycles. The lowest BCUT2D eigenvalue weighted by Gasteiger charge is -2.19. The molecule has 1 aliphatic rings. The first-order chi connectivity index (χ1) is 15.8. The summed E-state index contributed by atoms with van der Waals surface area (Å²) in [5, 5.41) is 1.16. The van der Waals surface area contributed by atoms with Gasteiger partial charge in [0.2, 0.25) is 0 Å². The van der Waals surface area contributed by atoms with E-state index in [0.29, 0.717) is 12.0 Å². The standard InChI is InChI=1S/C29H34F3N/c1-3-6-20(2)9-14-25-19-24-17-21(13-16-28(24)33-25)10-11-22-12-15-26(23-7-4-5-8-23)27(18-22)29(30,31)32/h12-13,15-19,23,33H,2-11,14H2,1H3. The Morgan fingerprint density at radius 1 is 0.939 bits per heavy atom. The maximum Gasteiger partial charge on any atom is 0.416 e. The number of H-pyrrole nitrogens is 1. The molecule has 1 saturated carbocycles. The molecule has 33 heavy (non-hydrogen) atoms. The molecule has 4 heteroatoms. The van der Waals surface area contributed by atoms with Crippen molar-refractivity contribution in [3.8, 4) is 0 Å². The first-order valence-electron chi connectivity index (χ1n) is 12.3. The molecule has 3 aromatic rings. The Balaban J connectivity index is 1.44. The number of aromatic amines is 1. The fraction of sp³-hybridized carbons (Fsp3) is 0.448. The van der Waals surface area contributed by atoms with E-state index in [-0.39, 0.29) is 5.92 Å². The minimum absolute atomic E-state index is 0.0556. The van der Waals surface area contributed by atoms with Crippen LogP contribution >= 0.6 is 0 Å². The molecule has 0 spiro atoms. The molecular weight excluding hydrogens is 419 g/mol. The lowest BCUT2D eigenvalue weighted by Crippen LogP contribution is -2.12. The van der Waals surface area contributed by atoms with Gasteiger partial charge in [0.1, 0.15) is 0 Å². The second kappa shape index (κ2) is 10.2. The van der Waals surface area contributed by atoms with Crippen LogP contribution in [0.15, 0.2) is 54.6 Å². The molecule has 1 heterocycles. The van der Waals surface area contributed by atoms with Gasteiger partial charge in [-0.15, -0.1) is 0 Å². The molecule has 176 valence electrons. The topological polar surface area (TPSA) is 15.8 Å². The fourth-order valence-electron chi connectivity index (χ4n) is 5.21. The highest BCUT2D eigenvalue weighted by Gasteiger charge is 2.36. The van der Waals surface area contributed by atoms with Crippen molar-refractivity contribution in [3.05, 3.63) is 82.6 Å². The van der Waals surface area contributed by atoms with E-state index in [0.717, 1.165) is 79.8 Å². The molecule has 0 atom stereocenters. The second-order valence-corrected chi connectivity index (χ2v) is 9.62. The quantitative estimate of drug-likeness (QED) is 0.311. The van der Waals surface area contributed by atoms with Gasteiger partial charge < -0.3 is 4.98 Å². The van der Waals surface area contributed by atoms with Crippen LogP contribution in [-0.4, -0.2) is 4.98 Å². The Labute approximate surface area is 195 Å². The fourth-order valence-corrected chi connectivity index (χ4v) is 5.21. The van der Waals surface area contributed by atoms with Crippen LogP contribution in [0, 0.1) is 0 Å². The number of hydrogen-bond acceptors (Lipinski definition) is 0. The number of fused-ring (bicyclic) bond motifs is 1. The first-order valence-corrected chi connectivity index (χ1v) is 12.3. The van der Waals surface area contributed by atoms with Crippen LogP contribution in [0.5, 0.6) is 0 Å². The van der Waals surface area contributed by atoms with Gasteiger partial charge in [-0.1, -0.05) is 56.5 Å². The molecule has 1 aromatic heterocycles. The molecule has 1 nitrogen and oxygen atoms in total. The zero-order valence-corrected chi connectivity index (χ0v) is 19.5. The van der Waals surface area contributed by atoms with Gasteiger partial charge in [0.15, 0.2) is 0 Å². The molecule has 0 amide bonds. The predicted octanol–water partition coefficient (Wildman–Crippen LogP) is 8.92. The van der Waals surface area contributed by atoms with E-state index in [1.807, 2.05) is 6.07 Å². The van der Waals surface area contributed by atoms with E-state index in [2.05, 4.69) is 42.8 Å². The van der Waals surface area contributed by atoms with Gasteiger partial charge in [0.05, 0.1) is 5.56 Å². The van der Waals surface area contributed by atoms with E-state index < -0.39 is 11.7 Å². The summed E-state index contributed by atoms with van der Waals surface area (Å²) in [5.41, 5.74) is 5.57. The van der Waals surface area contributed by atoms with Crippen molar-refractivity contribution in [2.24, 2.45) is 0 Å². The SMILES string of the molecule is C=C(CCC)CCc1cc2cc(CCc3ccc(C4CCCC4)c(C(F)(F)F)c3)ccc2[nH]1. The summed E-state index contributed by atoms with van der Waals surface area (Å²) >= 11 is 0. The molecule has 0 radical (unpaired) electrons. The van der Waals surface area contributed by atoms with Crippen molar-refractivity contribution >= 4 is 10.9 Å². The first kappa shape index (κ1) is 23.7. The van der Waals surface area contributed by atoms with Crippen LogP contribution in [0.2, 0.25) is 0 Å². The number of hydrogen-bond donors (Lipinski definition) is 1. The highest BCUT2D eigenvalue weighted by Crippen LogP contribution is 2.42. The van der Waals surface area contributed by atoms with Gasteiger partial charge >= 0.3 is 6.18 Å². The van der Waals surface area contributed by atoms with E-state index >= 15 is 0 Å². The summed E-state index contributed by atoms with van der Waals surface area (Å²) < 4.78 is 41.3. The minimum atomic E-state index is -4.29. The summed E-state index contributed by atoms with van der Waals surface area (Å²) in [6, 6.07) is 13.5. The van der Waals surface area contributed by atoms with Gasteiger partial charge in [0.25, 0.3) is 0 Å². The second-order valence-electron chi connectivity index (χ2n) is 9.62. The van der Waals surface area contributed by atoms with Gasteiger partial charge in [0, 0.05) is 11.2 Å². The number of aryl methyl sites for hydroxylation is 3. The van der Waals surface area contributed by atoms with Crippen LogP contribution in [0.4, 0.5) is 13.2 Å². The minimum Gasteiger partial charge on any atom is -0.358 e. The third kappa shape index (κ3) is 5.90. The van der Waals surface area contributed by atoms with Crippen LogP contribution < -0.4 is 0 Å². The van der Waals surface area contributed by atoms with E-state index in [9.17, 15) is 13.2 Å². The van der Waals surface area contributed by atoms with E-state index in [1.165, 1.54) is 17.3 Å². The summed E-state index contributed by atoms with van der Waals surface area (Å²) in [7, 11) is 0. The predicted molar refractivity (Wildman–Crippen MR) is 131 cm³/mol. The van der Waals surface area contributed by atoms with Gasteiger partial charge in [-0.05, 0) is 97.2 Å².